The van der Waals surface area contributed by atoms with Crippen molar-refractivity contribution >= 4 is 0 Å². The molecule has 1 aromatic carbocycles. The average Bonchev–Trinajstić information content (AvgIpc) is 2.75. The van der Waals surface area contributed by atoms with Crippen LogP contribution in [0.2, 0.25) is 0 Å². The highest BCUT2D eigenvalue weighted by Gasteiger charge is 2.18. The van der Waals surface area contributed by atoms with Crippen LogP contribution in [0.3, 0.4) is 0 Å². The predicted molar refractivity (Wildman–Crippen MR) is 72.6 cm³/mol. The first-order chi connectivity index (χ1) is 8.94. The minimum absolute atomic E-state index is 0.124. The molecule has 0 saturated heterocycles. The van der Waals surface area contributed by atoms with E-state index >= 15 is 0 Å². The van der Waals surface area contributed by atoms with Crippen molar-refractivity contribution in [2.75, 3.05) is 0 Å². The molecule has 0 aliphatic rings. The summed E-state index contributed by atoms with van der Waals surface area (Å²) < 4.78 is 5.18. The molecule has 2 rings (SSSR count). The average molecular weight is 260 g/mol. The highest BCUT2D eigenvalue weighted by atomic mass is 16.5. The van der Waals surface area contributed by atoms with Crippen molar-refractivity contribution in [1.29, 1.82) is 0 Å². The highest BCUT2D eigenvalue weighted by molar-refractivity contribution is 5.18. The van der Waals surface area contributed by atoms with Gasteiger partial charge >= 0.3 is 0 Å². The Hall–Kier alpha value is -1.68. The Morgan fingerprint density at radius 3 is 2.53 bits per heavy atom. The quantitative estimate of drug-likeness (QED) is 0.918. The summed E-state index contributed by atoms with van der Waals surface area (Å²) in [5.41, 5.74) is 0.984. The zero-order valence-corrected chi connectivity index (χ0v) is 11.6. The van der Waals surface area contributed by atoms with Gasteiger partial charge in [-0.15, -0.1) is 0 Å². The van der Waals surface area contributed by atoms with Gasteiger partial charge in [-0.1, -0.05) is 56.3 Å². The van der Waals surface area contributed by atoms with Crippen molar-refractivity contribution in [3.05, 3.63) is 47.6 Å². The molecule has 1 unspecified atom stereocenters. The number of benzene rings is 1. The van der Waals surface area contributed by atoms with Crippen LogP contribution >= 0.6 is 0 Å². The van der Waals surface area contributed by atoms with E-state index in [9.17, 15) is 5.11 Å². The van der Waals surface area contributed by atoms with Gasteiger partial charge in [-0.25, -0.2) is 0 Å². The largest absolute Gasteiger partial charge is 0.388 e. The third-order valence-electron chi connectivity index (χ3n) is 2.75. The Labute approximate surface area is 113 Å². The van der Waals surface area contributed by atoms with Gasteiger partial charge in [-0.2, -0.15) is 4.98 Å². The van der Waals surface area contributed by atoms with Crippen LogP contribution < -0.4 is 0 Å². The smallest absolute Gasteiger partial charge is 0.229 e. The lowest BCUT2D eigenvalue weighted by Crippen LogP contribution is -2.10. The molecule has 0 fully saturated rings. The molecule has 0 radical (unpaired) electrons. The summed E-state index contributed by atoms with van der Waals surface area (Å²) >= 11 is 0. The first kappa shape index (κ1) is 13.7. The molecule has 2 aromatic rings. The van der Waals surface area contributed by atoms with Crippen LogP contribution in [0.15, 0.2) is 34.9 Å². The van der Waals surface area contributed by atoms with Gasteiger partial charge in [0.1, 0.15) is 0 Å². The van der Waals surface area contributed by atoms with E-state index in [4.69, 9.17) is 4.52 Å². The van der Waals surface area contributed by atoms with Crippen molar-refractivity contribution in [3.8, 4) is 0 Å². The number of rotatable bonds is 4. The first-order valence-corrected chi connectivity index (χ1v) is 6.48. The summed E-state index contributed by atoms with van der Waals surface area (Å²) in [5.74, 6) is 1.18. The maximum atomic E-state index is 10.1. The monoisotopic (exact) mass is 260 g/mol. The van der Waals surface area contributed by atoms with Gasteiger partial charge < -0.3 is 9.63 Å². The number of hydrogen-bond acceptors (Lipinski definition) is 4. The molecule has 19 heavy (non-hydrogen) atoms. The second-order valence-electron chi connectivity index (χ2n) is 5.97. The molecular weight excluding hydrogens is 240 g/mol. The minimum Gasteiger partial charge on any atom is -0.388 e. The number of nitrogens with zero attached hydrogens (tertiary/aromatic N) is 2. The molecule has 1 aromatic heterocycles. The Morgan fingerprint density at radius 1 is 1.21 bits per heavy atom. The van der Waals surface area contributed by atoms with Crippen molar-refractivity contribution in [2.24, 2.45) is 5.41 Å². The molecule has 4 heteroatoms. The molecule has 0 aliphatic carbocycles. The van der Waals surface area contributed by atoms with Crippen molar-refractivity contribution in [2.45, 2.75) is 39.7 Å². The Kier molecular flexibility index (Phi) is 4.00. The molecule has 0 bridgehead atoms. The van der Waals surface area contributed by atoms with E-state index in [1.807, 2.05) is 30.3 Å². The summed E-state index contributed by atoms with van der Waals surface area (Å²) in [6.45, 7) is 6.38. The standard InChI is InChI=1S/C15H20N2O2/c1-15(2,3)10-13-16-14(19-17-13)9-12(18)11-7-5-4-6-8-11/h4-8,12,18H,9-10H2,1-3H3. The van der Waals surface area contributed by atoms with E-state index in [1.165, 1.54) is 0 Å². The van der Waals surface area contributed by atoms with Crippen LogP contribution in [0.25, 0.3) is 0 Å². The maximum Gasteiger partial charge on any atom is 0.229 e. The van der Waals surface area contributed by atoms with E-state index < -0.39 is 6.10 Å². The van der Waals surface area contributed by atoms with E-state index in [0.717, 1.165) is 12.0 Å². The number of aliphatic hydroxyl groups is 1. The topological polar surface area (TPSA) is 59.2 Å². The molecule has 0 amide bonds. The zero-order valence-electron chi connectivity index (χ0n) is 11.6. The van der Waals surface area contributed by atoms with Gasteiger partial charge in [0.2, 0.25) is 5.89 Å². The van der Waals surface area contributed by atoms with Crippen molar-refractivity contribution in [1.82, 2.24) is 10.1 Å². The molecule has 0 spiro atoms. The summed E-state index contributed by atoms with van der Waals surface area (Å²) in [7, 11) is 0. The van der Waals surface area contributed by atoms with Crippen LogP contribution in [0.4, 0.5) is 0 Å². The fraction of sp³-hybridized carbons (Fsp3) is 0.467. The molecule has 4 nitrogen and oxygen atoms in total. The number of aromatic nitrogens is 2. The summed E-state index contributed by atoms with van der Waals surface area (Å²) in [6.07, 6.45) is 0.503. The Morgan fingerprint density at radius 2 is 1.89 bits per heavy atom. The van der Waals surface area contributed by atoms with Crippen LogP contribution in [0.5, 0.6) is 0 Å². The normalized spacial score (nSPS) is 13.5. The van der Waals surface area contributed by atoms with Crippen molar-refractivity contribution in [3.63, 3.8) is 0 Å². The van der Waals surface area contributed by atoms with Crippen LogP contribution in [0, 0.1) is 5.41 Å². The van der Waals surface area contributed by atoms with Gasteiger partial charge in [0.25, 0.3) is 0 Å². The van der Waals surface area contributed by atoms with E-state index in [1.54, 1.807) is 0 Å². The van der Waals surface area contributed by atoms with E-state index in [0.29, 0.717) is 18.1 Å². The number of hydrogen-bond donors (Lipinski definition) is 1. The highest BCUT2D eigenvalue weighted by Crippen LogP contribution is 2.20. The van der Waals surface area contributed by atoms with E-state index in [2.05, 4.69) is 30.9 Å². The molecule has 102 valence electrons. The van der Waals surface area contributed by atoms with Gasteiger partial charge in [0.15, 0.2) is 5.82 Å². The van der Waals surface area contributed by atoms with Crippen LogP contribution in [0.1, 0.15) is 44.2 Å². The number of aliphatic hydroxyl groups excluding tert-OH is 1. The fourth-order valence-electron chi connectivity index (χ4n) is 1.88. The SMILES string of the molecule is CC(C)(C)Cc1noc(CC(O)c2ccccc2)n1. The second kappa shape index (κ2) is 5.53. The second-order valence-corrected chi connectivity index (χ2v) is 5.97. The molecule has 1 heterocycles. The molecule has 1 N–H and O–H groups in total. The van der Waals surface area contributed by atoms with E-state index in [-0.39, 0.29) is 5.41 Å². The lowest BCUT2D eigenvalue weighted by molar-refractivity contribution is 0.164. The van der Waals surface area contributed by atoms with Crippen molar-refractivity contribution < 1.29 is 9.63 Å². The van der Waals surface area contributed by atoms with Gasteiger partial charge in [-0.3, -0.25) is 0 Å². The van der Waals surface area contributed by atoms with Crippen LogP contribution in [-0.4, -0.2) is 15.2 Å². The summed E-state index contributed by atoms with van der Waals surface area (Å²) in [4.78, 5) is 4.32. The van der Waals surface area contributed by atoms with Gasteiger partial charge in [0, 0.05) is 6.42 Å². The lowest BCUT2D eigenvalue weighted by atomic mass is 9.92. The van der Waals surface area contributed by atoms with Gasteiger partial charge in [0.05, 0.1) is 12.5 Å². The van der Waals surface area contributed by atoms with Gasteiger partial charge in [-0.05, 0) is 11.0 Å². The minimum atomic E-state index is -0.607. The summed E-state index contributed by atoms with van der Waals surface area (Å²) in [6, 6.07) is 9.49. The third-order valence-corrected chi connectivity index (χ3v) is 2.75. The van der Waals surface area contributed by atoms with Crippen LogP contribution in [-0.2, 0) is 12.8 Å². The molecule has 0 saturated carbocycles. The summed E-state index contributed by atoms with van der Waals surface area (Å²) in [5, 5.41) is 14.0. The third kappa shape index (κ3) is 4.17. The Bertz CT molecular complexity index is 514. The predicted octanol–water partition coefficient (Wildman–Crippen LogP) is 2.93. The zero-order chi connectivity index (χ0) is 13.9. The molecule has 0 aliphatic heterocycles. The lowest BCUT2D eigenvalue weighted by Gasteiger charge is -2.14. The molecule has 1 atom stereocenters. The first-order valence-electron chi connectivity index (χ1n) is 6.48. The fourth-order valence-corrected chi connectivity index (χ4v) is 1.88. The molecular formula is C15H20N2O2. The Balaban J connectivity index is 2.00. The maximum absolute atomic E-state index is 10.1.